The smallest absolute Gasteiger partial charge is 0.258 e. The number of ether oxygens (including phenoxy) is 1. The maximum Gasteiger partial charge on any atom is 0.258 e. The average Bonchev–Trinajstić information content (AvgIpc) is 3.24. The number of fused-ring (bicyclic) bond motifs is 1. The number of carbonyl (C=O) groups is 1. The Balaban J connectivity index is 1.61. The molecule has 0 spiro atoms. The number of nitrogens with zero attached hydrogens (tertiary/aromatic N) is 3. The van der Waals surface area contributed by atoms with Gasteiger partial charge in [-0.05, 0) is 42.5 Å². The molecule has 0 fully saturated rings. The first-order valence-corrected chi connectivity index (χ1v) is 8.68. The molecule has 136 valence electrons. The topological polar surface area (TPSA) is 68.5 Å². The molecule has 0 atom stereocenters. The van der Waals surface area contributed by atoms with Crippen LogP contribution in [0, 0.1) is 11.6 Å². The average molecular weight is 386 g/mol. The van der Waals surface area contributed by atoms with E-state index in [4.69, 9.17) is 4.74 Å². The number of methoxy groups -OCH3 is 1. The zero-order valence-electron chi connectivity index (χ0n) is 13.9. The Hall–Kier alpha value is -3.33. The molecule has 9 heteroatoms. The molecule has 2 aromatic heterocycles. The van der Waals surface area contributed by atoms with Crippen LogP contribution in [-0.2, 0) is 0 Å². The lowest BCUT2D eigenvalue weighted by molar-refractivity contribution is 0.102. The number of hydrogen-bond acceptors (Lipinski definition) is 5. The van der Waals surface area contributed by atoms with Crippen LogP contribution < -0.4 is 10.1 Å². The summed E-state index contributed by atoms with van der Waals surface area (Å²) >= 11 is 1.36. The van der Waals surface area contributed by atoms with E-state index < -0.39 is 17.5 Å². The zero-order valence-corrected chi connectivity index (χ0v) is 14.8. The highest BCUT2D eigenvalue weighted by atomic mass is 32.1. The van der Waals surface area contributed by atoms with Gasteiger partial charge < -0.3 is 4.74 Å². The summed E-state index contributed by atoms with van der Waals surface area (Å²) < 4.78 is 33.0. The summed E-state index contributed by atoms with van der Waals surface area (Å²) in [6.07, 6.45) is 0. The molecule has 0 aliphatic carbocycles. The predicted molar refractivity (Wildman–Crippen MR) is 97.2 cm³/mol. The summed E-state index contributed by atoms with van der Waals surface area (Å²) in [4.78, 5) is 17.0. The second kappa shape index (κ2) is 6.76. The number of thiazole rings is 1. The molecular weight excluding hydrogens is 374 g/mol. The first-order chi connectivity index (χ1) is 13.0. The van der Waals surface area contributed by atoms with Crippen LogP contribution in [0.2, 0.25) is 0 Å². The highest BCUT2D eigenvalue weighted by molar-refractivity contribution is 7.15. The van der Waals surface area contributed by atoms with Gasteiger partial charge in [-0.1, -0.05) is 0 Å². The number of aromatic nitrogens is 3. The summed E-state index contributed by atoms with van der Waals surface area (Å²) in [7, 11) is 1.59. The molecule has 1 amide bonds. The molecular formula is C18H12F2N4O2S. The second-order valence-corrected chi connectivity index (χ2v) is 6.40. The van der Waals surface area contributed by atoms with E-state index in [2.05, 4.69) is 15.4 Å². The van der Waals surface area contributed by atoms with Crippen molar-refractivity contribution in [3.8, 4) is 17.0 Å². The molecule has 2 aromatic carbocycles. The van der Waals surface area contributed by atoms with Crippen LogP contribution in [0.3, 0.4) is 0 Å². The van der Waals surface area contributed by atoms with Gasteiger partial charge in [0.25, 0.3) is 11.9 Å². The minimum Gasteiger partial charge on any atom is -0.497 e. The van der Waals surface area contributed by atoms with Gasteiger partial charge >= 0.3 is 0 Å². The molecule has 27 heavy (non-hydrogen) atoms. The Morgan fingerprint density at radius 3 is 2.63 bits per heavy atom. The summed E-state index contributed by atoms with van der Waals surface area (Å²) in [6, 6.07) is 10.4. The Bertz CT molecular complexity index is 1140. The van der Waals surface area contributed by atoms with Crippen molar-refractivity contribution in [1.82, 2.24) is 14.6 Å². The predicted octanol–water partition coefficient (Wildman–Crippen LogP) is 4.00. The van der Waals surface area contributed by atoms with Crippen LogP contribution in [0.1, 0.15) is 10.4 Å². The molecule has 6 nitrogen and oxygen atoms in total. The van der Waals surface area contributed by atoms with Crippen LogP contribution in [0.15, 0.2) is 47.8 Å². The van der Waals surface area contributed by atoms with E-state index in [1.165, 1.54) is 17.4 Å². The minimum absolute atomic E-state index is 0.0255. The molecule has 4 rings (SSSR count). The number of halogens is 2. The van der Waals surface area contributed by atoms with E-state index in [9.17, 15) is 13.6 Å². The summed E-state index contributed by atoms with van der Waals surface area (Å²) in [5.74, 6) is -1.92. The van der Waals surface area contributed by atoms with Crippen LogP contribution in [-0.4, -0.2) is 27.6 Å². The molecule has 0 bridgehead atoms. The molecule has 4 aromatic rings. The van der Waals surface area contributed by atoms with E-state index in [0.29, 0.717) is 4.96 Å². The SMILES string of the molecule is COc1ccc(-c2csc3nc(NC(=O)c4ccc(F)c(F)c4)nn23)cc1. The number of hydrogen-bond donors (Lipinski definition) is 1. The van der Waals surface area contributed by atoms with E-state index in [1.54, 1.807) is 11.6 Å². The van der Waals surface area contributed by atoms with Gasteiger partial charge in [0.05, 0.1) is 12.8 Å². The molecule has 1 N–H and O–H groups in total. The Morgan fingerprint density at radius 2 is 1.93 bits per heavy atom. The van der Waals surface area contributed by atoms with E-state index in [0.717, 1.165) is 29.1 Å². The molecule has 0 aliphatic heterocycles. The fraction of sp³-hybridized carbons (Fsp3) is 0.0556. The van der Waals surface area contributed by atoms with Crippen molar-refractivity contribution in [1.29, 1.82) is 0 Å². The van der Waals surface area contributed by atoms with Crippen molar-refractivity contribution in [3.05, 3.63) is 65.0 Å². The van der Waals surface area contributed by atoms with Gasteiger partial charge in [-0.25, -0.2) is 13.3 Å². The first kappa shape index (κ1) is 17.1. The lowest BCUT2D eigenvalue weighted by Gasteiger charge is -2.02. The Morgan fingerprint density at radius 1 is 1.15 bits per heavy atom. The zero-order chi connectivity index (χ0) is 19.0. The first-order valence-electron chi connectivity index (χ1n) is 7.80. The van der Waals surface area contributed by atoms with Crippen molar-refractivity contribution >= 4 is 28.2 Å². The maximum absolute atomic E-state index is 13.3. The van der Waals surface area contributed by atoms with Crippen molar-refractivity contribution in [2.75, 3.05) is 12.4 Å². The van der Waals surface area contributed by atoms with Crippen LogP contribution in [0.25, 0.3) is 16.2 Å². The highest BCUT2D eigenvalue weighted by Crippen LogP contribution is 2.27. The van der Waals surface area contributed by atoms with Gasteiger partial charge in [0.2, 0.25) is 4.96 Å². The third-order valence-corrected chi connectivity index (χ3v) is 4.69. The lowest BCUT2D eigenvalue weighted by Crippen LogP contribution is -2.13. The Kier molecular flexibility index (Phi) is 4.28. The number of rotatable bonds is 4. The van der Waals surface area contributed by atoms with Crippen molar-refractivity contribution < 1.29 is 18.3 Å². The lowest BCUT2D eigenvalue weighted by atomic mass is 10.2. The minimum atomic E-state index is -1.09. The van der Waals surface area contributed by atoms with Crippen LogP contribution in [0.4, 0.5) is 14.7 Å². The molecule has 0 saturated carbocycles. The standard InChI is InChI=1S/C18H12F2N4O2S/c1-26-12-5-2-10(3-6-12)15-9-27-18-22-17(23-24(15)18)21-16(25)11-4-7-13(19)14(20)8-11/h2-9H,1H3,(H,21,23,25). The van der Waals surface area contributed by atoms with Crippen LogP contribution in [0.5, 0.6) is 5.75 Å². The van der Waals surface area contributed by atoms with Crippen molar-refractivity contribution in [3.63, 3.8) is 0 Å². The van der Waals surface area contributed by atoms with E-state index >= 15 is 0 Å². The second-order valence-electron chi connectivity index (χ2n) is 5.56. The van der Waals surface area contributed by atoms with Gasteiger partial charge in [-0.3, -0.25) is 10.1 Å². The monoisotopic (exact) mass is 386 g/mol. The largest absolute Gasteiger partial charge is 0.497 e. The fourth-order valence-corrected chi connectivity index (χ4v) is 3.34. The van der Waals surface area contributed by atoms with E-state index in [1.807, 2.05) is 29.6 Å². The maximum atomic E-state index is 13.3. The fourth-order valence-electron chi connectivity index (χ4n) is 2.51. The number of carbonyl (C=O) groups excluding carboxylic acids is 1. The summed E-state index contributed by atoms with van der Waals surface area (Å²) in [5.41, 5.74) is 1.69. The van der Waals surface area contributed by atoms with Gasteiger partial charge in [0, 0.05) is 16.5 Å². The molecule has 0 aliphatic rings. The van der Waals surface area contributed by atoms with Crippen molar-refractivity contribution in [2.24, 2.45) is 0 Å². The molecule has 0 unspecified atom stereocenters. The molecule has 2 heterocycles. The molecule has 0 radical (unpaired) electrons. The summed E-state index contributed by atoms with van der Waals surface area (Å²) in [5, 5.41) is 8.68. The van der Waals surface area contributed by atoms with Gasteiger partial charge in [-0.15, -0.1) is 16.4 Å². The number of amides is 1. The normalized spacial score (nSPS) is 10.9. The van der Waals surface area contributed by atoms with Gasteiger partial charge in [-0.2, -0.15) is 4.98 Å². The van der Waals surface area contributed by atoms with E-state index in [-0.39, 0.29) is 11.5 Å². The van der Waals surface area contributed by atoms with Crippen LogP contribution >= 0.6 is 11.3 Å². The number of nitrogens with one attached hydrogen (secondary N) is 1. The number of anilines is 1. The third-order valence-electron chi connectivity index (χ3n) is 3.87. The van der Waals surface area contributed by atoms with Gasteiger partial charge in [0.1, 0.15) is 5.75 Å². The van der Waals surface area contributed by atoms with Gasteiger partial charge in [0.15, 0.2) is 11.6 Å². The van der Waals surface area contributed by atoms with Crippen molar-refractivity contribution in [2.45, 2.75) is 0 Å². The summed E-state index contributed by atoms with van der Waals surface area (Å²) in [6.45, 7) is 0. The Labute approximate surface area is 156 Å². The number of benzene rings is 2. The highest BCUT2D eigenvalue weighted by Gasteiger charge is 2.15. The molecule has 0 saturated heterocycles. The third kappa shape index (κ3) is 3.24. The quantitative estimate of drug-likeness (QED) is 0.576.